The Labute approximate surface area is 208 Å². The van der Waals surface area contributed by atoms with E-state index in [1.165, 1.54) is 17.8 Å². The molecule has 4 aromatic rings. The summed E-state index contributed by atoms with van der Waals surface area (Å²) in [4.78, 5) is 25.3. The van der Waals surface area contributed by atoms with Gasteiger partial charge in [0.1, 0.15) is 11.4 Å². The van der Waals surface area contributed by atoms with Crippen LogP contribution >= 0.6 is 0 Å². The minimum absolute atomic E-state index is 0.000303. The number of piperazine rings is 1. The van der Waals surface area contributed by atoms with Crippen LogP contribution < -0.4 is 15.5 Å². The summed E-state index contributed by atoms with van der Waals surface area (Å²) in [5.74, 6) is -0.0501. The number of nitrogens with zero attached hydrogens (tertiary/aromatic N) is 6. The molecule has 10 nitrogen and oxygen atoms in total. The van der Waals surface area contributed by atoms with Crippen molar-refractivity contribution in [1.29, 1.82) is 0 Å². The van der Waals surface area contributed by atoms with E-state index < -0.39 is 0 Å². The van der Waals surface area contributed by atoms with Gasteiger partial charge in [-0.3, -0.25) is 9.48 Å². The molecule has 1 saturated heterocycles. The number of anilines is 4. The van der Waals surface area contributed by atoms with Crippen molar-refractivity contribution in [3.05, 3.63) is 61.3 Å². The minimum atomic E-state index is -0.345. The smallest absolute Gasteiger partial charge is 0.247 e. The number of likely N-dealkylation sites (N-methyl/N-ethyl adjacent to an activating group) is 1. The molecule has 0 atom stereocenters. The van der Waals surface area contributed by atoms with Gasteiger partial charge in [0.05, 0.1) is 16.9 Å². The van der Waals surface area contributed by atoms with E-state index in [0.29, 0.717) is 23.0 Å². The first-order valence-corrected chi connectivity index (χ1v) is 11.7. The lowest BCUT2D eigenvalue weighted by atomic mass is 10.1. The van der Waals surface area contributed by atoms with Crippen molar-refractivity contribution in [3.63, 3.8) is 0 Å². The van der Waals surface area contributed by atoms with Crippen LogP contribution in [0.2, 0.25) is 0 Å². The maximum absolute atomic E-state index is 11.6. The molecule has 2 aromatic carbocycles. The van der Waals surface area contributed by atoms with E-state index >= 15 is 0 Å². The zero-order valence-corrected chi connectivity index (χ0v) is 20.3. The minimum Gasteiger partial charge on any atom is -0.506 e. The van der Waals surface area contributed by atoms with Crippen molar-refractivity contribution in [3.8, 4) is 17.1 Å². The number of phenols is 1. The first-order chi connectivity index (χ1) is 17.4. The second kappa shape index (κ2) is 9.67. The Morgan fingerprint density at radius 1 is 1.08 bits per heavy atom. The largest absolute Gasteiger partial charge is 0.506 e. The first kappa shape index (κ1) is 23.3. The number of carbonyl (C=O) groups excluding carboxylic acids is 1. The van der Waals surface area contributed by atoms with Crippen LogP contribution in [0.1, 0.15) is 0 Å². The Morgan fingerprint density at radius 3 is 2.67 bits per heavy atom. The second-order valence-corrected chi connectivity index (χ2v) is 8.78. The maximum Gasteiger partial charge on any atom is 0.247 e. The summed E-state index contributed by atoms with van der Waals surface area (Å²) in [7, 11) is 4.08. The number of phenolic OH excluding ortho intramolecular Hbond substituents is 1. The number of amides is 1. The highest BCUT2D eigenvalue weighted by atomic mass is 16.3. The summed E-state index contributed by atoms with van der Waals surface area (Å²) < 4.78 is 1.87. The molecule has 3 heterocycles. The zero-order chi connectivity index (χ0) is 25.2. The Hall–Kier alpha value is -4.44. The van der Waals surface area contributed by atoms with Crippen LogP contribution in [-0.2, 0) is 11.8 Å². The highest BCUT2D eigenvalue weighted by molar-refractivity contribution is 5.99. The maximum atomic E-state index is 11.6. The van der Waals surface area contributed by atoms with Crippen LogP contribution in [0.5, 0.6) is 5.75 Å². The number of aromatic nitrogens is 4. The third-order valence-electron chi connectivity index (χ3n) is 6.30. The predicted molar refractivity (Wildman–Crippen MR) is 142 cm³/mol. The van der Waals surface area contributed by atoms with Gasteiger partial charge in [-0.2, -0.15) is 5.10 Å². The van der Waals surface area contributed by atoms with Crippen LogP contribution in [0.15, 0.2) is 61.3 Å². The van der Waals surface area contributed by atoms with E-state index in [0.717, 1.165) is 42.8 Å². The fraction of sp³-hybridized carbons (Fsp3) is 0.231. The van der Waals surface area contributed by atoms with E-state index in [4.69, 9.17) is 5.10 Å². The number of rotatable bonds is 6. The lowest BCUT2D eigenvalue weighted by Gasteiger charge is -2.34. The molecule has 2 aromatic heterocycles. The van der Waals surface area contributed by atoms with Gasteiger partial charge in [-0.05, 0) is 55.6 Å². The fourth-order valence-corrected chi connectivity index (χ4v) is 4.27. The highest BCUT2D eigenvalue weighted by Gasteiger charge is 2.18. The molecule has 3 N–H and O–H groups in total. The number of hydrogen-bond acceptors (Lipinski definition) is 8. The average molecular weight is 485 g/mol. The number of aromatic hydroxyl groups is 1. The van der Waals surface area contributed by atoms with Gasteiger partial charge in [0.15, 0.2) is 0 Å². The third-order valence-corrected chi connectivity index (χ3v) is 6.30. The molecule has 0 bridgehead atoms. The van der Waals surface area contributed by atoms with E-state index in [1.54, 1.807) is 18.3 Å². The molecular weight excluding hydrogens is 456 g/mol. The van der Waals surface area contributed by atoms with Gasteiger partial charge in [-0.15, -0.1) is 0 Å². The van der Waals surface area contributed by atoms with Crippen LogP contribution in [0, 0.1) is 0 Å². The first-order valence-electron chi connectivity index (χ1n) is 11.7. The Balaban J connectivity index is 1.43. The number of nitrogens with one attached hydrogen (secondary N) is 2. The van der Waals surface area contributed by atoms with Crippen molar-refractivity contribution >= 4 is 39.8 Å². The molecule has 1 aliphatic rings. The summed E-state index contributed by atoms with van der Waals surface area (Å²) in [6.45, 7) is 7.54. The Kier molecular flexibility index (Phi) is 6.26. The van der Waals surface area contributed by atoms with Crippen molar-refractivity contribution in [2.45, 2.75) is 0 Å². The molecule has 1 aliphatic heterocycles. The molecule has 5 rings (SSSR count). The standard InChI is InChI=1S/C26H28N8O2/c1-4-24(36)28-17-5-8-23(35)21(15-17)30-26-27-10-9-20(29-26)25-19-7-6-18(16-22(19)33(3)31-25)34-13-11-32(2)12-14-34/h4-10,15-16,35H,1,11-14H2,2-3H3,(H,28,36)(H,27,29,30). The van der Waals surface area contributed by atoms with Gasteiger partial charge >= 0.3 is 0 Å². The summed E-state index contributed by atoms with van der Waals surface area (Å²) >= 11 is 0. The lowest BCUT2D eigenvalue weighted by molar-refractivity contribution is -0.111. The van der Waals surface area contributed by atoms with Crippen LogP contribution in [0.3, 0.4) is 0 Å². The molecule has 0 aliphatic carbocycles. The Morgan fingerprint density at radius 2 is 1.89 bits per heavy atom. The van der Waals surface area contributed by atoms with E-state index in [-0.39, 0.29) is 11.7 Å². The van der Waals surface area contributed by atoms with Gasteiger partial charge in [-0.1, -0.05) is 6.58 Å². The monoisotopic (exact) mass is 484 g/mol. The summed E-state index contributed by atoms with van der Waals surface area (Å²) in [5, 5.41) is 21.7. The molecule has 10 heteroatoms. The Bertz CT molecular complexity index is 1440. The topological polar surface area (TPSA) is 111 Å². The summed E-state index contributed by atoms with van der Waals surface area (Å²) in [5.41, 5.74) is 4.48. The average Bonchev–Trinajstić information content (AvgIpc) is 3.22. The number of fused-ring (bicyclic) bond motifs is 1. The van der Waals surface area contributed by atoms with E-state index in [1.807, 2.05) is 17.8 Å². The molecule has 1 amide bonds. The SMILES string of the molecule is C=CC(=O)Nc1ccc(O)c(Nc2nccc(-c3nn(C)c4cc(N5CCN(C)CC5)ccc34)n2)c1. The normalized spacial score (nSPS) is 14.1. The molecule has 36 heavy (non-hydrogen) atoms. The second-order valence-electron chi connectivity index (χ2n) is 8.78. The summed E-state index contributed by atoms with van der Waals surface area (Å²) in [6.07, 6.45) is 2.82. The van der Waals surface area contributed by atoms with Crippen molar-refractivity contribution in [2.24, 2.45) is 7.05 Å². The molecule has 1 fully saturated rings. The van der Waals surface area contributed by atoms with Gasteiger partial charge in [0.2, 0.25) is 11.9 Å². The number of aryl methyl sites for hydroxylation is 1. The number of carbonyl (C=O) groups is 1. The predicted octanol–water partition coefficient (Wildman–Crippen LogP) is 3.36. The molecule has 0 radical (unpaired) electrons. The molecule has 0 spiro atoms. The van der Waals surface area contributed by atoms with Crippen molar-refractivity contribution in [1.82, 2.24) is 24.6 Å². The van der Waals surface area contributed by atoms with Crippen molar-refractivity contribution in [2.75, 3.05) is 48.8 Å². The number of benzene rings is 2. The van der Waals surface area contributed by atoms with Crippen LogP contribution in [0.25, 0.3) is 22.3 Å². The summed E-state index contributed by atoms with van der Waals surface area (Å²) in [6, 6.07) is 12.9. The number of hydrogen-bond donors (Lipinski definition) is 3. The van der Waals surface area contributed by atoms with E-state index in [2.05, 4.69) is 62.2 Å². The highest BCUT2D eigenvalue weighted by Crippen LogP contribution is 2.32. The van der Waals surface area contributed by atoms with Crippen LogP contribution in [0.4, 0.5) is 23.0 Å². The van der Waals surface area contributed by atoms with E-state index in [9.17, 15) is 9.90 Å². The zero-order valence-electron chi connectivity index (χ0n) is 20.3. The van der Waals surface area contributed by atoms with Gasteiger partial charge < -0.3 is 25.5 Å². The molecule has 0 unspecified atom stereocenters. The van der Waals surface area contributed by atoms with Gasteiger partial charge in [-0.25, -0.2) is 9.97 Å². The van der Waals surface area contributed by atoms with Crippen molar-refractivity contribution < 1.29 is 9.90 Å². The fourth-order valence-electron chi connectivity index (χ4n) is 4.27. The quantitative estimate of drug-likeness (QED) is 0.217. The lowest BCUT2D eigenvalue weighted by Crippen LogP contribution is -2.44. The third kappa shape index (κ3) is 4.71. The molecular formula is C26H28N8O2. The molecule has 0 saturated carbocycles. The molecule has 184 valence electrons. The van der Waals surface area contributed by atoms with Crippen LogP contribution in [-0.4, -0.2) is 68.9 Å². The van der Waals surface area contributed by atoms with Gasteiger partial charge in [0.25, 0.3) is 0 Å². The van der Waals surface area contributed by atoms with Gasteiger partial charge in [0, 0.05) is 56.2 Å².